The van der Waals surface area contributed by atoms with E-state index in [4.69, 9.17) is 10.5 Å². The molecule has 0 aliphatic carbocycles. The zero-order valence-electron chi connectivity index (χ0n) is 11.6. The number of aromatic hydroxyl groups is 1. The highest BCUT2D eigenvalue weighted by atomic mass is 16.5. The number of para-hydroxylation sites is 3. The number of amides is 1. The molecule has 110 valence electrons. The topological polar surface area (TPSA) is 84.6 Å². The molecule has 2 aromatic rings. The Hall–Kier alpha value is -2.69. The van der Waals surface area contributed by atoms with Crippen molar-refractivity contribution in [1.82, 2.24) is 0 Å². The van der Waals surface area contributed by atoms with Crippen LogP contribution in [0.4, 0.5) is 5.69 Å². The number of benzene rings is 2. The van der Waals surface area contributed by atoms with Gasteiger partial charge in [0.05, 0.1) is 18.7 Å². The zero-order chi connectivity index (χ0) is 15.1. The minimum Gasteiger partial charge on any atom is -0.508 e. The van der Waals surface area contributed by atoms with Crippen molar-refractivity contribution in [3.05, 3.63) is 54.1 Å². The standard InChI is InChI=1S/C16H18N2O3/c17-16(20)9-10-21-15-8-4-2-6-13(15)18-11-12-5-1-3-7-14(12)19/h1-8,18-19H,9-11H2,(H2,17,20). The first kappa shape index (κ1) is 14.7. The van der Waals surface area contributed by atoms with Crippen molar-refractivity contribution in [3.8, 4) is 11.5 Å². The predicted octanol–water partition coefficient (Wildman–Crippen LogP) is 2.26. The quantitative estimate of drug-likeness (QED) is 0.729. The van der Waals surface area contributed by atoms with Gasteiger partial charge in [0.1, 0.15) is 11.5 Å². The van der Waals surface area contributed by atoms with E-state index < -0.39 is 5.91 Å². The molecule has 0 unspecified atom stereocenters. The van der Waals surface area contributed by atoms with Gasteiger partial charge in [-0.1, -0.05) is 30.3 Å². The van der Waals surface area contributed by atoms with Crippen LogP contribution in [-0.2, 0) is 11.3 Å². The van der Waals surface area contributed by atoms with Crippen LogP contribution in [0.5, 0.6) is 11.5 Å². The number of hydrogen-bond donors (Lipinski definition) is 3. The van der Waals surface area contributed by atoms with Gasteiger partial charge in [-0.3, -0.25) is 4.79 Å². The first-order valence-electron chi connectivity index (χ1n) is 6.67. The zero-order valence-corrected chi connectivity index (χ0v) is 11.6. The fourth-order valence-electron chi connectivity index (χ4n) is 1.85. The van der Waals surface area contributed by atoms with Gasteiger partial charge in [0.25, 0.3) is 0 Å². The number of anilines is 1. The van der Waals surface area contributed by atoms with Crippen LogP contribution in [0.1, 0.15) is 12.0 Å². The van der Waals surface area contributed by atoms with E-state index in [0.717, 1.165) is 11.3 Å². The lowest BCUT2D eigenvalue weighted by atomic mass is 10.2. The van der Waals surface area contributed by atoms with Crippen molar-refractivity contribution >= 4 is 11.6 Å². The molecule has 0 aliphatic rings. The molecular formula is C16H18N2O3. The lowest BCUT2D eigenvalue weighted by molar-refractivity contribution is -0.118. The highest BCUT2D eigenvalue weighted by Crippen LogP contribution is 2.25. The summed E-state index contributed by atoms with van der Waals surface area (Å²) in [5.74, 6) is 0.501. The lowest BCUT2D eigenvalue weighted by Crippen LogP contribution is -2.15. The Morgan fingerprint density at radius 2 is 1.86 bits per heavy atom. The highest BCUT2D eigenvalue weighted by molar-refractivity contribution is 5.73. The van der Waals surface area contributed by atoms with Gasteiger partial charge in [0.2, 0.25) is 5.91 Å². The third-order valence-corrected chi connectivity index (χ3v) is 2.95. The van der Waals surface area contributed by atoms with E-state index in [0.29, 0.717) is 12.3 Å². The third kappa shape index (κ3) is 4.42. The molecule has 1 amide bonds. The van der Waals surface area contributed by atoms with Gasteiger partial charge in [-0.05, 0) is 18.2 Å². The summed E-state index contributed by atoms with van der Waals surface area (Å²) >= 11 is 0. The smallest absolute Gasteiger partial charge is 0.220 e. The average molecular weight is 286 g/mol. The molecule has 0 heterocycles. The van der Waals surface area contributed by atoms with E-state index in [1.54, 1.807) is 12.1 Å². The predicted molar refractivity (Wildman–Crippen MR) is 81.2 cm³/mol. The molecule has 0 spiro atoms. The Bertz CT molecular complexity index is 614. The molecule has 21 heavy (non-hydrogen) atoms. The fraction of sp³-hybridized carbons (Fsp3) is 0.188. The molecule has 0 bridgehead atoms. The molecule has 0 aliphatic heterocycles. The summed E-state index contributed by atoms with van der Waals surface area (Å²) in [6, 6.07) is 14.6. The number of hydrogen-bond acceptors (Lipinski definition) is 4. The van der Waals surface area contributed by atoms with Crippen molar-refractivity contribution in [2.24, 2.45) is 5.73 Å². The van der Waals surface area contributed by atoms with E-state index in [9.17, 15) is 9.90 Å². The maximum atomic E-state index is 10.7. The molecule has 2 rings (SSSR count). The largest absolute Gasteiger partial charge is 0.508 e. The minimum atomic E-state index is -0.394. The highest BCUT2D eigenvalue weighted by Gasteiger charge is 2.05. The van der Waals surface area contributed by atoms with Crippen LogP contribution >= 0.6 is 0 Å². The Morgan fingerprint density at radius 1 is 1.14 bits per heavy atom. The third-order valence-electron chi connectivity index (χ3n) is 2.95. The number of phenols is 1. The van der Waals surface area contributed by atoms with E-state index >= 15 is 0 Å². The van der Waals surface area contributed by atoms with Gasteiger partial charge >= 0.3 is 0 Å². The number of rotatable bonds is 7. The molecular weight excluding hydrogens is 268 g/mol. The van der Waals surface area contributed by atoms with Crippen LogP contribution in [0, 0.1) is 0 Å². The van der Waals surface area contributed by atoms with Gasteiger partial charge in [-0.2, -0.15) is 0 Å². The molecule has 4 N–H and O–H groups in total. The van der Waals surface area contributed by atoms with Crippen molar-refractivity contribution < 1.29 is 14.6 Å². The molecule has 0 fully saturated rings. The Kier molecular flexibility index (Phi) is 5.04. The molecule has 0 saturated heterocycles. The number of carbonyl (C=O) groups is 1. The number of nitrogens with two attached hydrogens (primary N) is 1. The molecule has 2 aromatic carbocycles. The van der Waals surface area contributed by atoms with E-state index in [-0.39, 0.29) is 18.8 Å². The van der Waals surface area contributed by atoms with Gasteiger partial charge in [-0.15, -0.1) is 0 Å². The minimum absolute atomic E-state index is 0.174. The van der Waals surface area contributed by atoms with Gasteiger partial charge < -0.3 is 20.9 Å². The van der Waals surface area contributed by atoms with Crippen molar-refractivity contribution in [2.45, 2.75) is 13.0 Å². The van der Waals surface area contributed by atoms with Gasteiger partial charge in [-0.25, -0.2) is 0 Å². The summed E-state index contributed by atoms with van der Waals surface area (Å²) in [6.45, 7) is 0.716. The van der Waals surface area contributed by atoms with E-state index in [1.165, 1.54) is 0 Å². The maximum Gasteiger partial charge on any atom is 0.220 e. The second-order valence-electron chi connectivity index (χ2n) is 4.54. The fourth-order valence-corrected chi connectivity index (χ4v) is 1.85. The summed E-state index contributed by atoms with van der Waals surface area (Å²) in [6.07, 6.45) is 0.174. The van der Waals surface area contributed by atoms with Crippen molar-refractivity contribution in [3.63, 3.8) is 0 Å². The van der Waals surface area contributed by atoms with E-state index in [1.807, 2.05) is 36.4 Å². The molecule has 0 aromatic heterocycles. The lowest BCUT2D eigenvalue weighted by Gasteiger charge is -2.13. The van der Waals surface area contributed by atoms with Gasteiger partial charge in [0, 0.05) is 12.1 Å². The first-order valence-corrected chi connectivity index (χ1v) is 6.67. The maximum absolute atomic E-state index is 10.7. The first-order chi connectivity index (χ1) is 10.2. The summed E-state index contributed by atoms with van der Waals surface area (Å²) in [5.41, 5.74) is 6.68. The molecule has 0 atom stereocenters. The van der Waals surface area contributed by atoms with Gasteiger partial charge in [0.15, 0.2) is 0 Å². The Labute approximate surface area is 123 Å². The molecule has 0 saturated carbocycles. The normalized spacial score (nSPS) is 10.1. The van der Waals surface area contributed by atoms with Crippen LogP contribution in [0.3, 0.4) is 0 Å². The van der Waals surface area contributed by atoms with Crippen LogP contribution in [0.2, 0.25) is 0 Å². The average Bonchev–Trinajstić information content (AvgIpc) is 2.47. The SMILES string of the molecule is NC(=O)CCOc1ccccc1NCc1ccccc1O. The van der Waals surface area contributed by atoms with Crippen LogP contribution in [0.25, 0.3) is 0 Å². The number of nitrogens with one attached hydrogen (secondary N) is 1. The van der Waals surface area contributed by atoms with Crippen LogP contribution in [-0.4, -0.2) is 17.6 Å². The summed E-state index contributed by atoms with van der Waals surface area (Å²) in [5, 5.41) is 12.9. The van der Waals surface area contributed by atoms with Crippen LogP contribution in [0.15, 0.2) is 48.5 Å². The van der Waals surface area contributed by atoms with Crippen molar-refractivity contribution in [2.75, 3.05) is 11.9 Å². The Balaban J connectivity index is 1.99. The summed E-state index contributed by atoms with van der Waals surface area (Å²) < 4.78 is 5.54. The van der Waals surface area contributed by atoms with Crippen LogP contribution < -0.4 is 15.8 Å². The molecule has 5 heteroatoms. The number of phenolic OH excluding ortho intramolecular Hbond substituents is 1. The second-order valence-corrected chi connectivity index (χ2v) is 4.54. The Morgan fingerprint density at radius 3 is 2.62 bits per heavy atom. The number of primary amides is 1. The summed E-state index contributed by atoms with van der Waals surface area (Å²) in [7, 11) is 0. The monoisotopic (exact) mass is 286 g/mol. The summed E-state index contributed by atoms with van der Waals surface area (Å²) in [4.78, 5) is 10.7. The molecule has 0 radical (unpaired) electrons. The van der Waals surface area contributed by atoms with E-state index in [2.05, 4.69) is 5.32 Å². The second kappa shape index (κ2) is 7.19. The number of carbonyl (C=O) groups excluding carboxylic acids is 1. The molecule has 5 nitrogen and oxygen atoms in total. The van der Waals surface area contributed by atoms with Crippen molar-refractivity contribution in [1.29, 1.82) is 0 Å². The number of ether oxygens (including phenoxy) is 1.